The number of carbonyl (C=O) groups is 2. The summed E-state index contributed by atoms with van der Waals surface area (Å²) in [5.74, 6) is -1.21. The molecule has 0 aliphatic heterocycles. The maximum Gasteiger partial charge on any atom is 0.357 e. The number of hydrogen-bond donors (Lipinski definition) is 1. The summed E-state index contributed by atoms with van der Waals surface area (Å²) >= 11 is 11.9. The van der Waals surface area contributed by atoms with Gasteiger partial charge in [0.05, 0.1) is 21.2 Å². The zero-order valence-electron chi connectivity index (χ0n) is 13.7. The highest BCUT2D eigenvalue weighted by atomic mass is 35.5. The minimum absolute atomic E-state index is 0.129. The van der Waals surface area contributed by atoms with Gasteiger partial charge in [0, 0.05) is 5.39 Å². The van der Waals surface area contributed by atoms with E-state index in [1.807, 2.05) is 18.2 Å². The average Bonchev–Trinajstić information content (AvgIpc) is 2.64. The second kappa shape index (κ2) is 7.72. The maximum absolute atomic E-state index is 12.3. The van der Waals surface area contributed by atoms with Gasteiger partial charge in [-0.2, -0.15) is 0 Å². The molecule has 1 atom stereocenters. The lowest BCUT2D eigenvalue weighted by atomic mass is 10.2. The van der Waals surface area contributed by atoms with E-state index in [0.29, 0.717) is 16.2 Å². The third-order valence-electron chi connectivity index (χ3n) is 3.67. The summed E-state index contributed by atoms with van der Waals surface area (Å²) in [5.41, 5.74) is 1.14. The van der Waals surface area contributed by atoms with Gasteiger partial charge in [-0.1, -0.05) is 53.5 Å². The number of benzene rings is 2. The van der Waals surface area contributed by atoms with Crippen LogP contribution in [0.4, 0.5) is 5.69 Å². The van der Waals surface area contributed by atoms with E-state index >= 15 is 0 Å². The Kier molecular flexibility index (Phi) is 5.40. The Morgan fingerprint density at radius 1 is 1.04 bits per heavy atom. The Morgan fingerprint density at radius 3 is 2.62 bits per heavy atom. The van der Waals surface area contributed by atoms with Crippen molar-refractivity contribution in [2.75, 3.05) is 5.32 Å². The molecule has 7 heteroatoms. The summed E-state index contributed by atoms with van der Waals surface area (Å²) in [6, 6.07) is 15.6. The molecule has 26 heavy (non-hydrogen) atoms. The van der Waals surface area contributed by atoms with Gasteiger partial charge in [-0.05, 0) is 31.2 Å². The van der Waals surface area contributed by atoms with E-state index in [-0.39, 0.29) is 10.7 Å². The summed E-state index contributed by atoms with van der Waals surface area (Å²) in [5, 5.41) is 4.03. The van der Waals surface area contributed by atoms with Crippen LogP contribution in [0.25, 0.3) is 10.9 Å². The van der Waals surface area contributed by atoms with Crippen LogP contribution in [-0.4, -0.2) is 23.0 Å². The van der Waals surface area contributed by atoms with E-state index in [1.54, 1.807) is 36.4 Å². The van der Waals surface area contributed by atoms with Crippen LogP contribution in [0.3, 0.4) is 0 Å². The second-order valence-electron chi connectivity index (χ2n) is 5.53. The number of halogens is 2. The quantitative estimate of drug-likeness (QED) is 0.656. The van der Waals surface area contributed by atoms with Crippen LogP contribution >= 0.6 is 23.2 Å². The molecule has 1 unspecified atom stereocenters. The highest BCUT2D eigenvalue weighted by Crippen LogP contribution is 2.29. The molecule has 0 aliphatic carbocycles. The van der Waals surface area contributed by atoms with Gasteiger partial charge in [0.25, 0.3) is 5.91 Å². The lowest BCUT2D eigenvalue weighted by Crippen LogP contribution is -2.30. The maximum atomic E-state index is 12.3. The van der Waals surface area contributed by atoms with Gasteiger partial charge in [0.1, 0.15) is 5.69 Å². The molecule has 0 saturated carbocycles. The van der Waals surface area contributed by atoms with Crippen LogP contribution in [0.5, 0.6) is 0 Å². The molecule has 132 valence electrons. The number of nitrogens with zero attached hydrogens (tertiary/aromatic N) is 1. The molecule has 1 heterocycles. The zero-order chi connectivity index (χ0) is 18.7. The van der Waals surface area contributed by atoms with Crippen LogP contribution in [0, 0.1) is 0 Å². The SMILES string of the molecule is CC(OC(=O)c1ccc2ccccc2n1)C(=O)Nc1cccc(Cl)c1Cl. The third kappa shape index (κ3) is 3.95. The number of rotatable bonds is 4. The van der Waals surface area contributed by atoms with Crippen molar-refractivity contribution in [1.82, 2.24) is 4.98 Å². The number of ether oxygens (including phenoxy) is 1. The highest BCUT2D eigenvalue weighted by Gasteiger charge is 2.21. The van der Waals surface area contributed by atoms with Gasteiger partial charge in [-0.15, -0.1) is 0 Å². The first kappa shape index (κ1) is 18.2. The topological polar surface area (TPSA) is 68.3 Å². The van der Waals surface area contributed by atoms with Crippen molar-refractivity contribution in [2.45, 2.75) is 13.0 Å². The predicted molar refractivity (Wildman–Crippen MR) is 102 cm³/mol. The molecule has 0 bridgehead atoms. The van der Waals surface area contributed by atoms with Gasteiger partial charge in [0.15, 0.2) is 6.10 Å². The van der Waals surface area contributed by atoms with E-state index in [2.05, 4.69) is 10.3 Å². The average molecular weight is 389 g/mol. The van der Waals surface area contributed by atoms with Gasteiger partial charge >= 0.3 is 5.97 Å². The number of hydrogen-bond acceptors (Lipinski definition) is 4. The van der Waals surface area contributed by atoms with E-state index in [0.717, 1.165) is 5.39 Å². The van der Waals surface area contributed by atoms with Crippen LogP contribution in [0.15, 0.2) is 54.6 Å². The first-order valence-electron chi connectivity index (χ1n) is 7.77. The van der Waals surface area contributed by atoms with E-state index < -0.39 is 18.0 Å². The Labute approximate surface area is 159 Å². The number of aromatic nitrogens is 1. The normalized spacial score (nSPS) is 11.8. The Hall–Kier alpha value is -2.63. The number of fused-ring (bicyclic) bond motifs is 1. The molecule has 0 saturated heterocycles. The molecule has 1 N–H and O–H groups in total. The number of pyridine rings is 1. The molecule has 3 aromatic rings. The fraction of sp³-hybridized carbons (Fsp3) is 0.105. The summed E-state index contributed by atoms with van der Waals surface area (Å²) in [6.45, 7) is 1.47. The molecular weight excluding hydrogens is 375 g/mol. The van der Waals surface area contributed by atoms with E-state index in [1.165, 1.54) is 6.92 Å². The van der Waals surface area contributed by atoms with Crippen molar-refractivity contribution >= 4 is 51.7 Å². The number of esters is 1. The van der Waals surface area contributed by atoms with Crippen molar-refractivity contribution < 1.29 is 14.3 Å². The molecule has 1 aromatic heterocycles. The van der Waals surface area contributed by atoms with Crippen molar-refractivity contribution in [3.05, 3.63) is 70.3 Å². The summed E-state index contributed by atoms with van der Waals surface area (Å²) in [6.07, 6.45) is -1.04. The molecule has 0 radical (unpaired) electrons. The Bertz CT molecular complexity index is 991. The van der Waals surface area contributed by atoms with Crippen LogP contribution in [0.1, 0.15) is 17.4 Å². The summed E-state index contributed by atoms with van der Waals surface area (Å²) < 4.78 is 5.20. The molecule has 1 amide bonds. The van der Waals surface area contributed by atoms with Crippen molar-refractivity contribution in [1.29, 1.82) is 0 Å². The third-order valence-corrected chi connectivity index (χ3v) is 4.49. The predicted octanol–water partition coefficient (Wildman–Crippen LogP) is 4.73. The van der Waals surface area contributed by atoms with Crippen molar-refractivity contribution in [3.63, 3.8) is 0 Å². The molecule has 0 aliphatic rings. The number of amides is 1. The smallest absolute Gasteiger partial charge is 0.357 e. The molecule has 2 aromatic carbocycles. The van der Waals surface area contributed by atoms with Crippen LogP contribution < -0.4 is 5.32 Å². The lowest BCUT2D eigenvalue weighted by molar-refractivity contribution is -0.123. The van der Waals surface area contributed by atoms with Gasteiger partial charge < -0.3 is 10.1 Å². The summed E-state index contributed by atoms with van der Waals surface area (Å²) in [7, 11) is 0. The molecule has 0 fully saturated rings. The largest absolute Gasteiger partial charge is 0.448 e. The lowest BCUT2D eigenvalue weighted by Gasteiger charge is -2.14. The molecule has 5 nitrogen and oxygen atoms in total. The number of para-hydroxylation sites is 1. The fourth-order valence-electron chi connectivity index (χ4n) is 2.29. The minimum Gasteiger partial charge on any atom is -0.448 e. The van der Waals surface area contributed by atoms with Crippen molar-refractivity contribution in [3.8, 4) is 0 Å². The van der Waals surface area contributed by atoms with E-state index in [9.17, 15) is 9.59 Å². The van der Waals surface area contributed by atoms with E-state index in [4.69, 9.17) is 27.9 Å². The van der Waals surface area contributed by atoms with Crippen LogP contribution in [-0.2, 0) is 9.53 Å². The standard InChI is InChI=1S/C19H14Cl2N2O3/c1-11(18(24)23-15-8-4-6-13(20)17(15)21)26-19(25)16-10-9-12-5-2-3-7-14(12)22-16/h2-11H,1H3,(H,23,24). The molecular formula is C19H14Cl2N2O3. The number of nitrogens with one attached hydrogen (secondary N) is 1. The monoisotopic (exact) mass is 388 g/mol. The van der Waals surface area contributed by atoms with Crippen LogP contribution in [0.2, 0.25) is 10.0 Å². The number of carbonyl (C=O) groups excluding carboxylic acids is 2. The minimum atomic E-state index is -1.04. The first-order valence-corrected chi connectivity index (χ1v) is 8.53. The molecule has 3 rings (SSSR count). The highest BCUT2D eigenvalue weighted by molar-refractivity contribution is 6.44. The molecule has 0 spiro atoms. The second-order valence-corrected chi connectivity index (χ2v) is 6.31. The summed E-state index contributed by atoms with van der Waals surface area (Å²) in [4.78, 5) is 28.8. The Balaban J connectivity index is 1.69. The first-order chi connectivity index (χ1) is 12.5. The Morgan fingerprint density at radius 2 is 1.81 bits per heavy atom. The van der Waals surface area contributed by atoms with Crippen molar-refractivity contribution in [2.24, 2.45) is 0 Å². The zero-order valence-corrected chi connectivity index (χ0v) is 15.2. The van der Waals surface area contributed by atoms with Gasteiger partial charge in [-0.25, -0.2) is 9.78 Å². The fourth-order valence-corrected chi connectivity index (χ4v) is 2.64. The van der Waals surface area contributed by atoms with Gasteiger partial charge in [0.2, 0.25) is 0 Å². The number of anilines is 1. The van der Waals surface area contributed by atoms with Gasteiger partial charge in [-0.3, -0.25) is 4.79 Å².